The molecule has 0 aromatic rings. The van der Waals surface area contributed by atoms with Gasteiger partial charge in [0.05, 0.1) is 11.5 Å². The molecule has 0 amide bonds. The maximum absolute atomic E-state index is 8.93. The Morgan fingerprint density at radius 3 is 2.38 bits per heavy atom. The molecule has 94 valence electrons. The standard InChI is InChI=1S/C14H28N2/c1-5-7-9-13(8-6-2)16-11-10-14(3,4)12-15/h13,16H,5-11H2,1-4H3. The Morgan fingerprint density at radius 1 is 1.19 bits per heavy atom. The van der Waals surface area contributed by atoms with E-state index in [1.165, 1.54) is 32.1 Å². The van der Waals surface area contributed by atoms with E-state index in [-0.39, 0.29) is 5.41 Å². The summed E-state index contributed by atoms with van der Waals surface area (Å²) in [6.45, 7) is 9.46. The second-order valence-corrected chi connectivity index (χ2v) is 5.33. The van der Waals surface area contributed by atoms with Gasteiger partial charge in [-0.1, -0.05) is 33.1 Å². The van der Waals surface area contributed by atoms with Crippen molar-refractivity contribution in [1.82, 2.24) is 5.32 Å². The van der Waals surface area contributed by atoms with Crippen molar-refractivity contribution >= 4 is 0 Å². The molecule has 0 bridgehead atoms. The number of nitriles is 1. The highest BCUT2D eigenvalue weighted by Gasteiger charge is 2.16. The fraction of sp³-hybridized carbons (Fsp3) is 0.929. The summed E-state index contributed by atoms with van der Waals surface area (Å²) in [5.41, 5.74) is -0.186. The fourth-order valence-corrected chi connectivity index (χ4v) is 1.79. The Bertz CT molecular complexity index is 203. The van der Waals surface area contributed by atoms with E-state index in [1.54, 1.807) is 0 Å². The van der Waals surface area contributed by atoms with E-state index in [0.29, 0.717) is 6.04 Å². The van der Waals surface area contributed by atoms with Crippen molar-refractivity contribution in [3.05, 3.63) is 0 Å². The lowest BCUT2D eigenvalue weighted by molar-refractivity contribution is 0.380. The number of nitrogens with one attached hydrogen (secondary N) is 1. The molecule has 0 heterocycles. The Balaban J connectivity index is 3.80. The predicted octanol–water partition coefficient (Wildman–Crippen LogP) is 3.87. The van der Waals surface area contributed by atoms with Crippen molar-refractivity contribution in [2.75, 3.05) is 6.54 Å². The molecule has 0 radical (unpaired) electrons. The van der Waals surface area contributed by atoms with Crippen LogP contribution in [0.2, 0.25) is 0 Å². The van der Waals surface area contributed by atoms with Gasteiger partial charge < -0.3 is 5.32 Å². The van der Waals surface area contributed by atoms with E-state index >= 15 is 0 Å². The highest BCUT2D eigenvalue weighted by Crippen LogP contribution is 2.17. The molecule has 0 aliphatic rings. The molecule has 0 fully saturated rings. The van der Waals surface area contributed by atoms with Gasteiger partial charge in [0, 0.05) is 6.04 Å². The third kappa shape index (κ3) is 7.70. The lowest BCUT2D eigenvalue weighted by Crippen LogP contribution is -2.32. The summed E-state index contributed by atoms with van der Waals surface area (Å²) in [6, 6.07) is 3.00. The smallest absolute Gasteiger partial charge is 0.0684 e. The summed E-state index contributed by atoms with van der Waals surface area (Å²) < 4.78 is 0. The van der Waals surface area contributed by atoms with Gasteiger partial charge in [-0.05, 0) is 39.7 Å². The van der Waals surface area contributed by atoms with Crippen LogP contribution < -0.4 is 5.32 Å². The minimum Gasteiger partial charge on any atom is -0.314 e. The zero-order chi connectivity index (χ0) is 12.4. The predicted molar refractivity (Wildman–Crippen MR) is 70.2 cm³/mol. The summed E-state index contributed by atoms with van der Waals surface area (Å²) in [5, 5.41) is 12.5. The average molecular weight is 224 g/mol. The maximum Gasteiger partial charge on any atom is 0.0684 e. The Morgan fingerprint density at radius 2 is 1.88 bits per heavy atom. The zero-order valence-electron chi connectivity index (χ0n) is 11.5. The second-order valence-electron chi connectivity index (χ2n) is 5.33. The average Bonchev–Trinajstić information content (AvgIpc) is 2.25. The summed E-state index contributed by atoms with van der Waals surface area (Å²) in [7, 11) is 0. The van der Waals surface area contributed by atoms with Crippen molar-refractivity contribution in [1.29, 1.82) is 5.26 Å². The fourth-order valence-electron chi connectivity index (χ4n) is 1.79. The Hall–Kier alpha value is -0.550. The van der Waals surface area contributed by atoms with Gasteiger partial charge in [0.25, 0.3) is 0 Å². The maximum atomic E-state index is 8.93. The lowest BCUT2D eigenvalue weighted by atomic mass is 9.91. The number of hydrogen-bond donors (Lipinski definition) is 1. The van der Waals surface area contributed by atoms with Crippen molar-refractivity contribution in [2.24, 2.45) is 5.41 Å². The quantitative estimate of drug-likeness (QED) is 0.645. The van der Waals surface area contributed by atoms with Gasteiger partial charge in [-0.25, -0.2) is 0 Å². The van der Waals surface area contributed by atoms with Crippen LogP contribution in [0.1, 0.15) is 66.2 Å². The summed E-state index contributed by atoms with van der Waals surface area (Å²) in [5.74, 6) is 0. The summed E-state index contributed by atoms with van der Waals surface area (Å²) in [4.78, 5) is 0. The molecule has 0 aromatic carbocycles. The Kier molecular flexibility index (Phi) is 8.29. The van der Waals surface area contributed by atoms with Crippen LogP contribution in [-0.4, -0.2) is 12.6 Å². The van der Waals surface area contributed by atoms with E-state index in [9.17, 15) is 0 Å². The Labute approximate surface area is 101 Å². The molecule has 0 spiro atoms. The second kappa shape index (κ2) is 8.58. The molecule has 0 saturated carbocycles. The van der Waals surface area contributed by atoms with Crippen molar-refractivity contribution in [2.45, 2.75) is 72.3 Å². The number of nitrogens with zero attached hydrogens (tertiary/aromatic N) is 1. The van der Waals surface area contributed by atoms with Crippen LogP contribution in [0.4, 0.5) is 0 Å². The van der Waals surface area contributed by atoms with Crippen LogP contribution in [0.5, 0.6) is 0 Å². The molecule has 0 aromatic heterocycles. The highest BCUT2D eigenvalue weighted by molar-refractivity contribution is 4.92. The van der Waals surface area contributed by atoms with Crippen LogP contribution in [-0.2, 0) is 0 Å². The molecular weight excluding hydrogens is 196 g/mol. The number of rotatable bonds is 9. The van der Waals surface area contributed by atoms with Gasteiger partial charge in [0.15, 0.2) is 0 Å². The molecule has 2 nitrogen and oxygen atoms in total. The van der Waals surface area contributed by atoms with Crippen LogP contribution in [0.25, 0.3) is 0 Å². The van der Waals surface area contributed by atoms with Crippen molar-refractivity contribution in [3.8, 4) is 6.07 Å². The van der Waals surface area contributed by atoms with Crippen LogP contribution in [0, 0.1) is 16.7 Å². The van der Waals surface area contributed by atoms with Gasteiger partial charge in [-0.15, -0.1) is 0 Å². The molecule has 0 aliphatic heterocycles. The largest absolute Gasteiger partial charge is 0.314 e. The van der Waals surface area contributed by atoms with E-state index in [0.717, 1.165) is 13.0 Å². The van der Waals surface area contributed by atoms with Gasteiger partial charge in [-0.3, -0.25) is 0 Å². The normalized spacial score (nSPS) is 13.4. The van der Waals surface area contributed by atoms with E-state index < -0.39 is 0 Å². The molecule has 1 N–H and O–H groups in total. The van der Waals surface area contributed by atoms with Gasteiger partial charge >= 0.3 is 0 Å². The van der Waals surface area contributed by atoms with E-state index in [4.69, 9.17) is 5.26 Å². The monoisotopic (exact) mass is 224 g/mol. The molecule has 2 heteroatoms. The van der Waals surface area contributed by atoms with Crippen molar-refractivity contribution in [3.63, 3.8) is 0 Å². The molecule has 0 aliphatic carbocycles. The molecule has 16 heavy (non-hydrogen) atoms. The first kappa shape index (κ1) is 15.4. The minimum atomic E-state index is -0.186. The van der Waals surface area contributed by atoms with Crippen LogP contribution >= 0.6 is 0 Å². The lowest BCUT2D eigenvalue weighted by Gasteiger charge is -2.21. The summed E-state index contributed by atoms with van der Waals surface area (Å²) >= 11 is 0. The van der Waals surface area contributed by atoms with Crippen LogP contribution in [0.15, 0.2) is 0 Å². The van der Waals surface area contributed by atoms with Crippen molar-refractivity contribution < 1.29 is 0 Å². The number of unbranched alkanes of at least 4 members (excludes halogenated alkanes) is 1. The third-order valence-electron chi connectivity index (χ3n) is 3.03. The number of hydrogen-bond acceptors (Lipinski definition) is 2. The molecule has 1 atom stereocenters. The molecule has 0 saturated heterocycles. The van der Waals surface area contributed by atoms with Gasteiger partial charge in [-0.2, -0.15) is 5.26 Å². The zero-order valence-corrected chi connectivity index (χ0v) is 11.5. The first-order chi connectivity index (χ1) is 7.55. The minimum absolute atomic E-state index is 0.186. The topological polar surface area (TPSA) is 35.8 Å². The highest BCUT2D eigenvalue weighted by atomic mass is 14.9. The SMILES string of the molecule is CCCCC(CCC)NCCC(C)(C)C#N. The third-order valence-corrected chi connectivity index (χ3v) is 3.03. The molecular formula is C14H28N2. The first-order valence-electron chi connectivity index (χ1n) is 6.70. The molecule has 0 rings (SSSR count). The van der Waals surface area contributed by atoms with Gasteiger partial charge in [0.1, 0.15) is 0 Å². The van der Waals surface area contributed by atoms with Gasteiger partial charge in [0.2, 0.25) is 0 Å². The first-order valence-corrected chi connectivity index (χ1v) is 6.70. The molecule has 1 unspecified atom stereocenters. The summed E-state index contributed by atoms with van der Waals surface area (Å²) in [6.07, 6.45) is 7.29. The van der Waals surface area contributed by atoms with E-state index in [2.05, 4.69) is 25.2 Å². The van der Waals surface area contributed by atoms with Crippen LogP contribution in [0.3, 0.4) is 0 Å². The van der Waals surface area contributed by atoms with E-state index in [1.807, 2.05) is 13.8 Å².